The Kier molecular flexibility index (Phi) is 7.30. The number of ketones is 2. The van der Waals surface area contributed by atoms with E-state index in [1.807, 2.05) is 6.92 Å². The summed E-state index contributed by atoms with van der Waals surface area (Å²) in [6, 6.07) is 8.92. The predicted molar refractivity (Wildman–Crippen MR) is 163 cm³/mol. The number of aliphatic hydroxyl groups excluding tert-OH is 2. The van der Waals surface area contributed by atoms with Gasteiger partial charge in [0.2, 0.25) is 0 Å². The highest BCUT2D eigenvalue weighted by atomic mass is 16.5. The molecule has 0 aromatic heterocycles. The largest absolute Gasteiger partial charge is 0.509 e. The van der Waals surface area contributed by atoms with E-state index in [4.69, 9.17) is 21.9 Å². The number of aliphatic hydroxyl groups is 2. The predicted octanol–water partition coefficient (Wildman–Crippen LogP) is 0.876. The Bertz CT molecular complexity index is 1860. The third-order valence-electron chi connectivity index (χ3n) is 9.16. The Labute approximate surface area is 259 Å². The second kappa shape index (κ2) is 10.5. The Balaban J connectivity index is 1.78. The van der Waals surface area contributed by atoms with E-state index >= 15 is 0 Å². The molecule has 0 aliphatic heterocycles. The molecule has 12 heteroatoms. The number of rotatable bonds is 4. The van der Waals surface area contributed by atoms with Gasteiger partial charge >= 0.3 is 0 Å². The van der Waals surface area contributed by atoms with Gasteiger partial charge < -0.3 is 37.3 Å². The zero-order valence-corrected chi connectivity index (χ0v) is 25.2. The molecular weight excluding hydrogens is 578 g/mol. The van der Waals surface area contributed by atoms with E-state index < -0.39 is 74.8 Å². The van der Waals surface area contributed by atoms with Gasteiger partial charge in [-0.1, -0.05) is 18.8 Å². The van der Waals surface area contributed by atoms with E-state index in [0.29, 0.717) is 28.9 Å². The van der Waals surface area contributed by atoms with E-state index in [1.54, 1.807) is 43.5 Å². The number of aromatic hydroxyl groups is 1. The number of phenolic OH excluding ortho intramolecular Hbond substituents is 1. The summed E-state index contributed by atoms with van der Waals surface area (Å²) >= 11 is 0. The summed E-state index contributed by atoms with van der Waals surface area (Å²) in [6.45, 7) is 1.86. The van der Waals surface area contributed by atoms with Crippen LogP contribution in [0.15, 0.2) is 47.2 Å². The van der Waals surface area contributed by atoms with Crippen molar-refractivity contribution in [3.8, 4) is 29.4 Å². The molecule has 3 aliphatic rings. The monoisotopic (exact) mass is 611 g/mol. The number of Topliss-reactive ketones (excluding diaryl/α,β-unsaturated/α-hetero) is 2. The van der Waals surface area contributed by atoms with Gasteiger partial charge in [-0.25, -0.2) is 0 Å². The number of likely N-dealkylation sites (N-methyl/N-ethyl adjacent to an activating group) is 1. The molecule has 3 aliphatic carbocycles. The van der Waals surface area contributed by atoms with E-state index in [1.165, 1.54) is 19.0 Å². The van der Waals surface area contributed by atoms with Gasteiger partial charge in [-0.3, -0.25) is 19.3 Å². The van der Waals surface area contributed by atoms with Crippen LogP contribution in [0.25, 0.3) is 5.76 Å². The molecule has 0 radical (unpaired) electrons. The first-order chi connectivity index (χ1) is 21.1. The zero-order valence-electron chi connectivity index (χ0n) is 25.2. The molecule has 2 aromatic rings. The van der Waals surface area contributed by atoms with Crippen LogP contribution in [0, 0.1) is 28.6 Å². The molecule has 4 atom stereocenters. The van der Waals surface area contributed by atoms with Crippen molar-refractivity contribution in [2.75, 3.05) is 21.2 Å². The second-order valence-corrected chi connectivity index (χ2v) is 11.9. The highest BCUT2D eigenvalue weighted by molar-refractivity contribution is 6.25. The number of hydrogen-bond donors (Lipinski definition) is 6. The van der Waals surface area contributed by atoms with Gasteiger partial charge in [-0.2, -0.15) is 5.26 Å². The molecule has 0 spiro atoms. The number of carbonyl (C=O) groups is 3. The molecule has 0 saturated heterocycles. The number of phenols is 1. The average molecular weight is 612 g/mol. The SMILES string of the molecule is CCc1cc(C#Cc2ccc(OC)cc2)c(O)c2c1C[C@@]1(N)C[C@@]3(N)[C@H](N(C)C)C(=O)C(C(N)=O)=C(O)[C@@]3(C#N)C(=O)C1=C2O. The van der Waals surface area contributed by atoms with Crippen molar-refractivity contribution < 1.29 is 34.4 Å². The zero-order chi connectivity index (χ0) is 33.2. The number of carbonyl (C=O) groups excluding carboxylic acids is 3. The maximum absolute atomic E-state index is 14.5. The first-order valence-electron chi connectivity index (χ1n) is 14.1. The van der Waals surface area contributed by atoms with E-state index in [-0.39, 0.29) is 17.5 Å². The number of nitriles is 1. The number of benzene rings is 2. The minimum Gasteiger partial charge on any atom is -0.509 e. The summed E-state index contributed by atoms with van der Waals surface area (Å²) in [5.74, 6) is 0.681. The van der Waals surface area contributed by atoms with Crippen molar-refractivity contribution in [1.82, 2.24) is 4.90 Å². The van der Waals surface area contributed by atoms with Gasteiger partial charge in [0.05, 0.1) is 47.0 Å². The van der Waals surface area contributed by atoms with Gasteiger partial charge in [0, 0.05) is 5.56 Å². The summed E-state index contributed by atoms with van der Waals surface area (Å²) < 4.78 is 5.17. The van der Waals surface area contributed by atoms with E-state index in [2.05, 4.69) is 11.8 Å². The molecule has 12 nitrogen and oxygen atoms in total. The highest BCUT2D eigenvalue weighted by Crippen LogP contribution is 2.58. The third-order valence-corrected chi connectivity index (χ3v) is 9.16. The van der Waals surface area contributed by atoms with Crippen LogP contribution in [0.3, 0.4) is 0 Å². The van der Waals surface area contributed by atoms with Gasteiger partial charge in [0.1, 0.15) is 28.6 Å². The number of hydrogen-bond acceptors (Lipinski definition) is 11. The van der Waals surface area contributed by atoms with Crippen LogP contribution in [0.5, 0.6) is 11.5 Å². The number of ether oxygens (including phenoxy) is 1. The normalized spacial score (nSPS) is 27.2. The van der Waals surface area contributed by atoms with Crippen LogP contribution in [0.2, 0.25) is 0 Å². The Hall–Kier alpha value is -5.14. The number of primary amides is 1. The summed E-state index contributed by atoms with van der Waals surface area (Å²) in [5, 5.41) is 45.1. The molecule has 0 bridgehead atoms. The number of nitrogens with zero attached hydrogens (tertiary/aromatic N) is 2. The van der Waals surface area contributed by atoms with Crippen LogP contribution < -0.4 is 21.9 Å². The molecule has 0 unspecified atom stereocenters. The van der Waals surface area contributed by atoms with Crippen molar-refractivity contribution in [3.05, 3.63) is 75.1 Å². The van der Waals surface area contributed by atoms with Gasteiger partial charge in [0.25, 0.3) is 5.91 Å². The molecule has 9 N–H and O–H groups in total. The molecule has 5 rings (SSSR count). The molecular formula is C33H33N5O7. The minimum atomic E-state index is -2.72. The van der Waals surface area contributed by atoms with Gasteiger partial charge in [0.15, 0.2) is 17.0 Å². The Morgan fingerprint density at radius 3 is 2.31 bits per heavy atom. The van der Waals surface area contributed by atoms with Crippen LogP contribution in [-0.2, 0) is 27.2 Å². The van der Waals surface area contributed by atoms with Crippen molar-refractivity contribution >= 4 is 23.2 Å². The lowest BCUT2D eigenvalue weighted by atomic mass is 9.47. The van der Waals surface area contributed by atoms with Crippen molar-refractivity contribution in [3.63, 3.8) is 0 Å². The Morgan fingerprint density at radius 2 is 1.78 bits per heavy atom. The maximum atomic E-state index is 14.5. The van der Waals surface area contributed by atoms with Crippen LogP contribution >= 0.6 is 0 Å². The number of amides is 1. The molecule has 45 heavy (non-hydrogen) atoms. The number of aryl methyl sites for hydroxylation is 1. The lowest BCUT2D eigenvalue weighted by molar-refractivity contribution is -0.139. The Morgan fingerprint density at radius 1 is 1.13 bits per heavy atom. The fourth-order valence-corrected chi connectivity index (χ4v) is 7.20. The van der Waals surface area contributed by atoms with Crippen molar-refractivity contribution in [2.24, 2.45) is 22.6 Å². The fourth-order valence-electron chi connectivity index (χ4n) is 7.20. The second-order valence-electron chi connectivity index (χ2n) is 11.9. The van der Waals surface area contributed by atoms with Crippen LogP contribution in [0.4, 0.5) is 0 Å². The number of fused-ring (bicyclic) bond motifs is 3. The van der Waals surface area contributed by atoms with Gasteiger partial charge in [-0.05, 0) is 74.8 Å². The number of nitrogens with two attached hydrogens (primary N) is 3. The lowest BCUT2D eigenvalue weighted by Gasteiger charge is -2.58. The van der Waals surface area contributed by atoms with E-state index in [0.717, 1.165) is 0 Å². The average Bonchev–Trinajstić information content (AvgIpc) is 2.96. The first kappa shape index (κ1) is 31.3. The first-order valence-corrected chi connectivity index (χ1v) is 14.1. The van der Waals surface area contributed by atoms with Crippen molar-refractivity contribution in [2.45, 2.75) is 43.3 Å². The summed E-state index contributed by atoms with van der Waals surface area (Å²) in [7, 11) is 4.48. The van der Waals surface area contributed by atoms with Gasteiger partial charge in [-0.15, -0.1) is 0 Å². The summed E-state index contributed by atoms with van der Waals surface area (Å²) in [6.07, 6.45) is -0.114. The minimum absolute atomic E-state index is 0.0925. The van der Waals surface area contributed by atoms with Crippen LogP contribution in [0.1, 0.15) is 41.2 Å². The maximum Gasteiger partial charge on any atom is 0.255 e. The lowest BCUT2D eigenvalue weighted by Crippen LogP contribution is -2.80. The number of methoxy groups -OCH3 is 1. The molecule has 2 aromatic carbocycles. The summed E-state index contributed by atoms with van der Waals surface area (Å²) in [4.78, 5) is 41.8. The third kappa shape index (κ3) is 4.15. The standard InChI is InChI=1S/C33H33N5O7/c1-5-17-12-18(9-6-16-7-10-19(45-4)11-8-16)24(39)21-20(17)13-31(36)14-33(37)27(38(2)3)26(41)22(30(35)44)28(42)32(33,15-34)29(43)23(31)25(21)40/h7-8,10-12,27,39-40,42H,5,13-14,36-37H2,1-4H3,(H2,35,44)/t27-,31-,32+,33-/m1/s1. The molecule has 232 valence electrons. The van der Waals surface area contributed by atoms with E-state index in [9.17, 15) is 35.0 Å². The smallest absolute Gasteiger partial charge is 0.255 e. The molecule has 1 fully saturated rings. The van der Waals surface area contributed by atoms with Crippen molar-refractivity contribution in [1.29, 1.82) is 5.26 Å². The fraction of sp³-hybridized carbons (Fsp3) is 0.333. The molecule has 1 amide bonds. The quantitative estimate of drug-likeness (QED) is 0.210. The molecule has 1 saturated carbocycles. The topological polar surface area (TPSA) is 226 Å². The van der Waals surface area contributed by atoms with Crippen LogP contribution in [-0.4, -0.2) is 76.0 Å². The highest BCUT2D eigenvalue weighted by Gasteiger charge is 2.74. The summed E-state index contributed by atoms with van der Waals surface area (Å²) in [5.41, 5.74) is 13.0. The molecule has 0 heterocycles.